The Balaban J connectivity index is 5.89. The van der Waals surface area contributed by atoms with E-state index in [1.165, 1.54) is 0 Å². The van der Waals surface area contributed by atoms with Gasteiger partial charge in [-0.1, -0.05) is 90.5 Å². The number of esters is 2. The second-order valence-electron chi connectivity index (χ2n) is 8.83. The molecule has 0 aliphatic rings. The molecule has 0 aromatic carbocycles. The van der Waals surface area contributed by atoms with Crippen LogP contribution in [0.3, 0.4) is 0 Å². The van der Waals surface area contributed by atoms with Gasteiger partial charge in [-0.15, -0.1) is 0 Å². The summed E-state index contributed by atoms with van der Waals surface area (Å²) in [5.74, 6) is -3.57. The first-order valence-electron chi connectivity index (χ1n) is 13.6. The fourth-order valence-electron chi connectivity index (χ4n) is 3.72. The van der Waals surface area contributed by atoms with Gasteiger partial charge in [-0.25, -0.2) is 9.59 Å². The molecule has 0 bridgehead atoms. The van der Waals surface area contributed by atoms with E-state index in [1.807, 2.05) is 38.2 Å². The number of Topliss-reactive ketones (excluding diaryl/α,β-unsaturated/α-hetero) is 2. The highest BCUT2D eigenvalue weighted by molar-refractivity contribution is 6.36. The van der Waals surface area contributed by atoms with Crippen molar-refractivity contribution in [2.75, 3.05) is 13.2 Å². The molecule has 0 aliphatic carbocycles. The number of rotatable bonds is 22. The summed E-state index contributed by atoms with van der Waals surface area (Å²) >= 11 is 0. The summed E-state index contributed by atoms with van der Waals surface area (Å²) in [4.78, 5) is 53.6. The van der Waals surface area contributed by atoms with E-state index < -0.39 is 28.9 Å². The minimum atomic E-state index is -2.53. The van der Waals surface area contributed by atoms with Crippen LogP contribution in [0.4, 0.5) is 0 Å². The van der Waals surface area contributed by atoms with Gasteiger partial charge < -0.3 is 9.47 Å². The van der Waals surface area contributed by atoms with Crippen LogP contribution in [0.15, 0.2) is 24.3 Å². The van der Waals surface area contributed by atoms with Crippen LogP contribution in [0.1, 0.15) is 118 Å². The molecule has 0 N–H and O–H groups in total. The Kier molecular flexibility index (Phi) is 19.7. The summed E-state index contributed by atoms with van der Waals surface area (Å²) in [5.41, 5.74) is -2.53. The Morgan fingerprint density at radius 3 is 1.31 bits per heavy atom. The maximum atomic E-state index is 13.5. The molecule has 0 saturated carbocycles. The van der Waals surface area contributed by atoms with Crippen molar-refractivity contribution in [3.63, 3.8) is 0 Å². The molecule has 0 aromatic rings. The minimum absolute atomic E-state index is 0.00414. The number of hydrogen-bond donors (Lipinski definition) is 0. The van der Waals surface area contributed by atoms with Gasteiger partial charge >= 0.3 is 11.9 Å². The number of hydrogen-bond acceptors (Lipinski definition) is 6. The van der Waals surface area contributed by atoms with Crippen molar-refractivity contribution in [2.24, 2.45) is 5.41 Å². The maximum absolute atomic E-state index is 13.5. The number of carbonyl (C=O) groups is 4. The second-order valence-corrected chi connectivity index (χ2v) is 8.83. The topological polar surface area (TPSA) is 86.7 Å². The SMILES string of the molecule is CCC=CCCOC(=O)C(C(=O)CCCCCC)(C(=O)CCCCCC)C(=O)OCCC=CCC. The lowest BCUT2D eigenvalue weighted by Crippen LogP contribution is -2.54. The van der Waals surface area contributed by atoms with Crippen LogP contribution >= 0.6 is 0 Å². The van der Waals surface area contributed by atoms with Crippen molar-refractivity contribution in [3.8, 4) is 0 Å². The Hall–Kier alpha value is -2.24. The lowest BCUT2D eigenvalue weighted by Gasteiger charge is -2.27. The van der Waals surface area contributed by atoms with E-state index in [2.05, 4.69) is 13.8 Å². The largest absolute Gasteiger partial charge is 0.464 e. The van der Waals surface area contributed by atoms with Crippen molar-refractivity contribution in [3.05, 3.63) is 24.3 Å². The number of ketones is 2. The highest BCUT2D eigenvalue weighted by Gasteiger charge is 2.60. The molecule has 0 aromatic heterocycles. The quantitative estimate of drug-likeness (QED) is 0.0711. The molecule has 0 spiro atoms. The van der Waals surface area contributed by atoms with Crippen molar-refractivity contribution in [1.82, 2.24) is 0 Å². The fraction of sp³-hybridized carbons (Fsp3) is 0.724. The van der Waals surface area contributed by atoms with Gasteiger partial charge in [0.25, 0.3) is 5.41 Å². The first kappa shape index (κ1) is 32.8. The summed E-state index contributed by atoms with van der Waals surface area (Å²) in [6.45, 7) is 8.09. The molecule has 200 valence electrons. The number of ether oxygens (including phenoxy) is 2. The summed E-state index contributed by atoms with van der Waals surface area (Å²) in [6.07, 6.45) is 16.6. The highest BCUT2D eigenvalue weighted by Crippen LogP contribution is 2.30. The Labute approximate surface area is 212 Å². The summed E-state index contributed by atoms with van der Waals surface area (Å²) in [6, 6.07) is 0. The van der Waals surface area contributed by atoms with Crippen LogP contribution in [0, 0.1) is 5.41 Å². The van der Waals surface area contributed by atoms with Gasteiger partial charge in [0, 0.05) is 12.8 Å². The van der Waals surface area contributed by atoms with E-state index in [-0.39, 0.29) is 26.1 Å². The number of unbranched alkanes of at least 4 members (excludes halogenated alkanes) is 6. The van der Waals surface area contributed by atoms with Crippen LogP contribution in [0.5, 0.6) is 0 Å². The second kappa shape index (κ2) is 21.1. The van der Waals surface area contributed by atoms with Gasteiger partial charge in [-0.05, 0) is 38.5 Å². The predicted molar refractivity (Wildman–Crippen MR) is 140 cm³/mol. The van der Waals surface area contributed by atoms with Crippen LogP contribution in [0.2, 0.25) is 0 Å². The Morgan fingerprint density at radius 2 is 0.971 bits per heavy atom. The van der Waals surface area contributed by atoms with Crippen molar-refractivity contribution >= 4 is 23.5 Å². The molecule has 0 rings (SSSR count). The van der Waals surface area contributed by atoms with Crippen LogP contribution in [0.25, 0.3) is 0 Å². The first-order chi connectivity index (χ1) is 16.9. The zero-order valence-electron chi connectivity index (χ0n) is 22.6. The van der Waals surface area contributed by atoms with Crippen LogP contribution in [-0.4, -0.2) is 36.7 Å². The van der Waals surface area contributed by atoms with Gasteiger partial charge in [0.15, 0.2) is 11.6 Å². The van der Waals surface area contributed by atoms with E-state index in [9.17, 15) is 19.2 Å². The first-order valence-corrected chi connectivity index (χ1v) is 13.6. The summed E-state index contributed by atoms with van der Waals surface area (Å²) in [5, 5.41) is 0. The maximum Gasteiger partial charge on any atom is 0.339 e. The molecule has 0 unspecified atom stereocenters. The smallest absolute Gasteiger partial charge is 0.339 e. The molecule has 0 heterocycles. The van der Waals surface area contributed by atoms with Gasteiger partial charge in [0.1, 0.15) is 0 Å². The van der Waals surface area contributed by atoms with Gasteiger partial charge in [0.2, 0.25) is 0 Å². The third-order valence-corrected chi connectivity index (χ3v) is 5.80. The van der Waals surface area contributed by atoms with Gasteiger partial charge in [0.05, 0.1) is 13.2 Å². The Bertz CT molecular complexity index is 619. The summed E-state index contributed by atoms with van der Waals surface area (Å²) in [7, 11) is 0. The summed E-state index contributed by atoms with van der Waals surface area (Å²) < 4.78 is 10.7. The van der Waals surface area contributed by atoms with Crippen molar-refractivity contribution in [1.29, 1.82) is 0 Å². The number of allylic oxidation sites excluding steroid dienone is 2. The van der Waals surface area contributed by atoms with Gasteiger partial charge in [-0.3, -0.25) is 9.59 Å². The normalized spacial score (nSPS) is 11.8. The third kappa shape index (κ3) is 12.3. The van der Waals surface area contributed by atoms with Gasteiger partial charge in [-0.2, -0.15) is 0 Å². The predicted octanol–water partition coefficient (Wildman–Crippen LogP) is 6.85. The van der Waals surface area contributed by atoms with Crippen molar-refractivity contribution < 1.29 is 28.7 Å². The van der Waals surface area contributed by atoms with E-state index >= 15 is 0 Å². The minimum Gasteiger partial charge on any atom is -0.464 e. The molecular weight excluding hydrogens is 444 g/mol. The van der Waals surface area contributed by atoms with E-state index in [0.717, 1.165) is 51.4 Å². The van der Waals surface area contributed by atoms with Crippen LogP contribution < -0.4 is 0 Å². The average Bonchev–Trinajstić information content (AvgIpc) is 2.84. The zero-order chi connectivity index (χ0) is 26.4. The van der Waals surface area contributed by atoms with Crippen molar-refractivity contribution in [2.45, 2.75) is 118 Å². The Morgan fingerprint density at radius 1 is 0.571 bits per heavy atom. The molecule has 35 heavy (non-hydrogen) atoms. The lowest BCUT2D eigenvalue weighted by atomic mass is 9.75. The standard InChI is InChI=1S/C29H48O6/c1-5-9-13-17-21-25(30)29(26(31)22-18-14-10-6-2,27(32)34-23-19-15-11-7-3)28(33)35-24-20-16-12-8-4/h11-12,15-16H,5-10,13-14,17-24H2,1-4H3. The molecule has 0 radical (unpaired) electrons. The lowest BCUT2D eigenvalue weighted by molar-refractivity contribution is -0.177. The molecule has 0 fully saturated rings. The molecule has 0 atom stereocenters. The molecule has 6 heteroatoms. The third-order valence-electron chi connectivity index (χ3n) is 5.80. The van der Waals surface area contributed by atoms with E-state index in [1.54, 1.807) is 0 Å². The molecule has 6 nitrogen and oxygen atoms in total. The van der Waals surface area contributed by atoms with E-state index in [0.29, 0.717) is 25.7 Å². The zero-order valence-corrected chi connectivity index (χ0v) is 22.6. The molecule has 0 saturated heterocycles. The van der Waals surface area contributed by atoms with E-state index in [4.69, 9.17) is 9.47 Å². The monoisotopic (exact) mass is 492 g/mol. The van der Waals surface area contributed by atoms with Crippen LogP contribution in [-0.2, 0) is 28.7 Å². The molecule has 0 aliphatic heterocycles. The fourth-order valence-corrected chi connectivity index (χ4v) is 3.72. The highest BCUT2D eigenvalue weighted by atomic mass is 16.6. The number of carbonyl (C=O) groups excluding carboxylic acids is 4. The molecule has 0 amide bonds. The molecular formula is C29H48O6. The average molecular weight is 493 g/mol.